The minimum absolute atomic E-state index is 0.229. The molecular formula is C15H13Cl2NO2. The maximum absolute atomic E-state index is 12.4. The topological polar surface area (TPSA) is 52.3 Å². The number of hydrogen-bond acceptors (Lipinski definition) is 3. The van der Waals surface area contributed by atoms with Crippen molar-refractivity contribution in [3.8, 4) is 5.75 Å². The Morgan fingerprint density at radius 3 is 2.60 bits per heavy atom. The van der Waals surface area contributed by atoms with E-state index in [9.17, 15) is 4.79 Å². The third-order valence-electron chi connectivity index (χ3n) is 2.74. The summed E-state index contributed by atoms with van der Waals surface area (Å²) in [4.78, 5) is 12.4. The van der Waals surface area contributed by atoms with Gasteiger partial charge < -0.3 is 10.5 Å². The van der Waals surface area contributed by atoms with Gasteiger partial charge in [-0.2, -0.15) is 0 Å². The van der Waals surface area contributed by atoms with E-state index in [2.05, 4.69) is 0 Å². The molecule has 0 radical (unpaired) electrons. The van der Waals surface area contributed by atoms with Crippen LogP contribution in [0.2, 0.25) is 10.0 Å². The number of halogens is 2. The molecule has 0 aromatic heterocycles. The van der Waals surface area contributed by atoms with E-state index in [0.29, 0.717) is 39.2 Å². The fourth-order valence-electron chi connectivity index (χ4n) is 1.80. The normalized spacial score (nSPS) is 10.3. The van der Waals surface area contributed by atoms with Crippen molar-refractivity contribution in [1.82, 2.24) is 0 Å². The number of ketones is 1. The van der Waals surface area contributed by atoms with Crippen molar-refractivity contribution in [2.75, 3.05) is 12.3 Å². The van der Waals surface area contributed by atoms with Crippen molar-refractivity contribution < 1.29 is 9.53 Å². The van der Waals surface area contributed by atoms with Crippen molar-refractivity contribution in [3.05, 3.63) is 57.6 Å². The zero-order valence-corrected chi connectivity index (χ0v) is 12.3. The first kappa shape index (κ1) is 14.7. The Kier molecular flexibility index (Phi) is 4.53. The van der Waals surface area contributed by atoms with Crippen LogP contribution >= 0.6 is 23.2 Å². The fourth-order valence-corrected chi connectivity index (χ4v) is 2.18. The number of carbonyl (C=O) groups is 1. The zero-order valence-electron chi connectivity index (χ0n) is 10.8. The lowest BCUT2D eigenvalue weighted by molar-refractivity contribution is 0.103. The molecule has 2 aromatic carbocycles. The summed E-state index contributed by atoms with van der Waals surface area (Å²) in [5.41, 5.74) is 7.06. The average Bonchev–Trinajstić information content (AvgIpc) is 2.43. The van der Waals surface area contributed by atoms with E-state index in [1.807, 2.05) is 6.92 Å². The molecule has 0 saturated carbocycles. The lowest BCUT2D eigenvalue weighted by Gasteiger charge is -2.09. The van der Waals surface area contributed by atoms with Gasteiger partial charge in [-0.1, -0.05) is 23.2 Å². The minimum Gasteiger partial charge on any atom is -0.492 e. The Hall–Kier alpha value is -1.71. The number of hydrogen-bond donors (Lipinski definition) is 1. The van der Waals surface area contributed by atoms with Crippen LogP contribution < -0.4 is 10.5 Å². The lowest BCUT2D eigenvalue weighted by atomic mass is 10.0. The van der Waals surface area contributed by atoms with Gasteiger partial charge >= 0.3 is 0 Å². The van der Waals surface area contributed by atoms with Gasteiger partial charge in [0.1, 0.15) is 5.75 Å². The van der Waals surface area contributed by atoms with Gasteiger partial charge in [-0.3, -0.25) is 4.79 Å². The highest BCUT2D eigenvalue weighted by molar-refractivity contribution is 6.36. The van der Waals surface area contributed by atoms with Crippen molar-refractivity contribution in [3.63, 3.8) is 0 Å². The summed E-state index contributed by atoms with van der Waals surface area (Å²) in [7, 11) is 0. The van der Waals surface area contributed by atoms with Crippen LogP contribution in [0, 0.1) is 0 Å². The van der Waals surface area contributed by atoms with Crippen LogP contribution in [-0.2, 0) is 0 Å². The van der Waals surface area contributed by atoms with Crippen LogP contribution in [-0.4, -0.2) is 12.4 Å². The first-order chi connectivity index (χ1) is 9.52. The van der Waals surface area contributed by atoms with Crippen LogP contribution in [0.5, 0.6) is 5.75 Å². The second kappa shape index (κ2) is 6.16. The highest BCUT2D eigenvalue weighted by atomic mass is 35.5. The zero-order chi connectivity index (χ0) is 14.7. The van der Waals surface area contributed by atoms with Gasteiger partial charge in [0.05, 0.1) is 17.3 Å². The molecule has 0 bridgehead atoms. The van der Waals surface area contributed by atoms with E-state index in [1.54, 1.807) is 36.4 Å². The smallest absolute Gasteiger partial charge is 0.194 e. The summed E-state index contributed by atoms with van der Waals surface area (Å²) in [6.45, 7) is 2.38. The van der Waals surface area contributed by atoms with Gasteiger partial charge in [0.15, 0.2) is 5.78 Å². The maximum Gasteiger partial charge on any atom is 0.194 e. The van der Waals surface area contributed by atoms with Gasteiger partial charge in [-0.15, -0.1) is 0 Å². The first-order valence-corrected chi connectivity index (χ1v) is 6.80. The number of anilines is 1. The van der Waals surface area contributed by atoms with Crippen LogP contribution in [0.4, 0.5) is 5.69 Å². The van der Waals surface area contributed by atoms with E-state index in [1.165, 1.54) is 0 Å². The largest absolute Gasteiger partial charge is 0.492 e. The molecule has 0 spiro atoms. The number of ether oxygens (including phenoxy) is 1. The monoisotopic (exact) mass is 309 g/mol. The predicted octanol–water partition coefficient (Wildman–Crippen LogP) is 4.21. The average molecular weight is 310 g/mol. The van der Waals surface area contributed by atoms with Crippen molar-refractivity contribution in [2.24, 2.45) is 0 Å². The lowest BCUT2D eigenvalue weighted by Crippen LogP contribution is -2.04. The molecule has 5 heteroatoms. The Balaban J connectivity index is 2.38. The Labute approximate surface area is 127 Å². The summed E-state index contributed by atoms with van der Waals surface area (Å²) in [6.07, 6.45) is 0. The second-order valence-electron chi connectivity index (χ2n) is 4.14. The molecule has 0 amide bonds. The molecule has 0 atom stereocenters. The summed E-state index contributed by atoms with van der Waals surface area (Å²) >= 11 is 11.9. The summed E-state index contributed by atoms with van der Waals surface area (Å²) in [5, 5.41) is 0.809. The highest BCUT2D eigenvalue weighted by Crippen LogP contribution is 2.27. The number of rotatable bonds is 4. The molecule has 2 aromatic rings. The van der Waals surface area contributed by atoms with E-state index in [4.69, 9.17) is 33.7 Å². The molecule has 20 heavy (non-hydrogen) atoms. The van der Waals surface area contributed by atoms with Crippen molar-refractivity contribution in [2.45, 2.75) is 6.92 Å². The molecule has 0 aliphatic heterocycles. The van der Waals surface area contributed by atoms with Gasteiger partial charge in [0.25, 0.3) is 0 Å². The number of nitrogens with two attached hydrogens (primary N) is 1. The van der Waals surface area contributed by atoms with Gasteiger partial charge in [-0.05, 0) is 43.3 Å². The predicted molar refractivity (Wildman–Crippen MR) is 81.9 cm³/mol. The molecule has 2 rings (SSSR count). The first-order valence-electron chi connectivity index (χ1n) is 6.05. The van der Waals surface area contributed by atoms with Gasteiger partial charge in [0.2, 0.25) is 0 Å². The van der Waals surface area contributed by atoms with E-state index < -0.39 is 0 Å². The summed E-state index contributed by atoms with van der Waals surface area (Å²) in [6, 6.07) is 9.66. The van der Waals surface area contributed by atoms with E-state index in [-0.39, 0.29) is 5.78 Å². The molecule has 0 unspecified atom stereocenters. The molecule has 0 aliphatic rings. The van der Waals surface area contributed by atoms with Crippen LogP contribution in [0.3, 0.4) is 0 Å². The highest BCUT2D eigenvalue weighted by Gasteiger charge is 2.15. The molecule has 3 nitrogen and oxygen atoms in total. The van der Waals surface area contributed by atoms with E-state index >= 15 is 0 Å². The number of carbonyl (C=O) groups excluding carboxylic acids is 1. The second-order valence-corrected chi connectivity index (χ2v) is 4.98. The molecule has 0 saturated heterocycles. The van der Waals surface area contributed by atoms with Crippen molar-refractivity contribution >= 4 is 34.7 Å². The molecule has 0 heterocycles. The molecular weight excluding hydrogens is 297 g/mol. The van der Waals surface area contributed by atoms with E-state index in [0.717, 1.165) is 0 Å². The quantitative estimate of drug-likeness (QED) is 0.680. The standard InChI is InChI=1S/C15H13Cl2NO2/c1-2-20-14-6-3-9(7-13(14)18)15(19)11-8-10(16)4-5-12(11)17/h3-8H,2,18H2,1H3. The minimum atomic E-state index is -0.229. The van der Waals surface area contributed by atoms with Crippen LogP contribution in [0.1, 0.15) is 22.8 Å². The van der Waals surface area contributed by atoms with Gasteiger partial charge in [-0.25, -0.2) is 0 Å². The molecule has 104 valence electrons. The molecule has 0 fully saturated rings. The fraction of sp³-hybridized carbons (Fsp3) is 0.133. The summed E-state index contributed by atoms with van der Waals surface area (Å²) in [5.74, 6) is 0.327. The summed E-state index contributed by atoms with van der Waals surface area (Å²) < 4.78 is 5.34. The Morgan fingerprint density at radius 1 is 1.20 bits per heavy atom. The van der Waals surface area contributed by atoms with Crippen molar-refractivity contribution in [1.29, 1.82) is 0 Å². The third-order valence-corrected chi connectivity index (χ3v) is 3.31. The molecule has 2 N–H and O–H groups in total. The van der Waals surface area contributed by atoms with Crippen LogP contribution in [0.25, 0.3) is 0 Å². The Bertz CT molecular complexity index is 656. The maximum atomic E-state index is 12.4. The van der Waals surface area contributed by atoms with Gasteiger partial charge in [0, 0.05) is 16.1 Å². The third kappa shape index (κ3) is 3.06. The molecule has 0 aliphatic carbocycles. The Morgan fingerprint density at radius 2 is 1.95 bits per heavy atom. The number of benzene rings is 2. The van der Waals surface area contributed by atoms with Crippen LogP contribution in [0.15, 0.2) is 36.4 Å². The SMILES string of the molecule is CCOc1ccc(C(=O)c2cc(Cl)ccc2Cl)cc1N. The number of nitrogen functional groups attached to an aromatic ring is 1.